The van der Waals surface area contributed by atoms with E-state index < -0.39 is 11.7 Å². The lowest BCUT2D eigenvalue weighted by atomic mass is 10.1. The van der Waals surface area contributed by atoms with E-state index in [0.717, 1.165) is 25.7 Å². The molecule has 1 saturated carbocycles. The van der Waals surface area contributed by atoms with E-state index in [1.807, 2.05) is 6.07 Å². The molecular formula is C20H29N3O4. The molecule has 1 aromatic rings. The van der Waals surface area contributed by atoms with Gasteiger partial charge < -0.3 is 20.7 Å². The molecule has 0 aromatic heterocycles. The third kappa shape index (κ3) is 7.29. The first kappa shape index (κ1) is 20.7. The number of ether oxygens (including phenoxy) is 1. The molecule has 0 spiro atoms. The summed E-state index contributed by atoms with van der Waals surface area (Å²) in [5.74, 6) is -0.207. The molecular weight excluding hydrogens is 346 g/mol. The van der Waals surface area contributed by atoms with Crippen molar-refractivity contribution in [2.24, 2.45) is 5.92 Å². The summed E-state index contributed by atoms with van der Waals surface area (Å²) in [7, 11) is 0. The van der Waals surface area contributed by atoms with Crippen molar-refractivity contribution in [2.45, 2.75) is 58.5 Å². The van der Waals surface area contributed by atoms with Crippen molar-refractivity contribution in [2.75, 3.05) is 17.2 Å². The number of anilines is 2. The van der Waals surface area contributed by atoms with Crippen molar-refractivity contribution >= 4 is 29.3 Å². The molecule has 27 heavy (non-hydrogen) atoms. The number of rotatable bonds is 6. The smallest absolute Gasteiger partial charge is 0.407 e. The van der Waals surface area contributed by atoms with Gasteiger partial charge >= 0.3 is 6.09 Å². The largest absolute Gasteiger partial charge is 0.444 e. The van der Waals surface area contributed by atoms with Crippen molar-refractivity contribution in [3.63, 3.8) is 0 Å². The van der Waals surface area contributed by atoms with Crippen LogP contribution in [0, 0.1) is 5.92 Å². The van der Waals surface area contributed by atoms with Crippen molar-refractivity contribution in [3.8, 4) is 0 Å². The Morgan fingerprint density at radius 3 is 2.22 bits per heavy atom. The number of nitrogens with one attached hydrogen (secondary N) is 3. The number of alkyl carbamates (subject to hydrolysis) is 1. The van der Waals surface area contributed by atoms with E-state index in [1.165, 1.54) is 0 Å². The molecule has 1 aliphatic rings. The van der Waals surface area contributed by atoms with Gasteiger partial charge in [0.1, 0.15) is 5.60 Å². The Labute approximate surface area is 160 Å². The zero-order valence-electron chi connectivity index (χ0n) is 16.3. The maximum Gasteiger partial charge on any atom is 0.407 e. The molecule has 0 atom stereocenters. The molecule has 0 radical (unpaired) electrons. The van der Waals surface area contributed by atoms with Crippen LogP contribution in [0.2, 0.25) is 0 Å². The van der Waals surface area contributed by atoms with Crippen LogP contribution in [0.4, 0.5) is 16.2 Å². The first-order chi connectivity index (χ1) is 12.7. The van der Waals surface area contributed by atoms with Gasteiger partial charge in [0.25, 0.3) is 0 Å². The van der Waals surface area contributed by atoms with Crippen molar-refractivity contribution in [3.05, 3.63) is 24.3 Å². The lowest BCUT2D eigenvalue weighted by molar-refractivity contribution is -0.119. The highest BCUT2D eigenvalue weighted by Crippen LogP contribution is 2.28. The molecule has 0 unspecified atom stereocenters. The first-order valence-electron chi connectivity index (χ1n) is 9.41. The maximum atomic E-state index is 12.3. The molecule has 1 aromatic carbocycles. The number of carbonyl (C=O) groups is 3. The second-order valence-electron chi connectivity index (χ2n) is 7.74. The van der Waals surface area contributed by atoms with E-state index in [2.05, 4.69) is 16.0 Å². The zero-order valence-corrected chi connectivity index (χ0v) is 16.3. The van der Waals surface area contributed by atoms with Crippen LogP contribution in [0.25, 0.3) is 0 Å². The number of para-hydroxylation sites is 2. The highest BCUT2D eigenvalue weighted by atomic mass is 16.6. The SMILES string of the molecule is CC(C)(C)OC(=O)NCCC(=O)Nc1ccccc1NC(=O)C1CCCC1. The molecule has 0 heterocycles. The summed E-state index contributed by atoms with van der Waals surface area (Å²) in [4.78, 5) is 36.1. The Morgan fingerprint density at radius 1 is 1.04 bits per heavy atom. The van der Waals surface area contributed by atoms with Crippen LogP contribution in [0.1, 0.15) is 52.9 Å². The van der Waals surface area contributed by atoms with Gasteiger partial charge in [-0.15, -0.1) is 0 Å². The van der Waals surface area contributed by atoms with Gasteiger partial charge in [-0.1, -0.05) is 25.0 Å². The molecule has 0 saturated heterocycles. The Balaban J connectivity index is 1.83. The number of amides is 3. The fourth-order valence-electron chi connectivity index (χ4n) is 2.93. The van der Waals surface area contributed by atoms with E-state index >= 15 is 0 Å². The third-order valence-electron chi connectivity index (χ3n) is 4.21. The fourth-order valence-corrected chi connectivity index (χ4v) is 2.93. The van der Waals surface area contributed by atoms with Crippen molar-refractivity contribution in [1.82, 2.24) is 5.32 Å². The summed E-state index contributed by atoms with van der Waals surface area (Å²) in [6, 6.07) is 7.11. The van der Waals surface area contributed by atoms with Crippen LogP contribution in [-0.2, 0) is 14.3 Å². The van der Waals surface area contributed by atoms with Crippen molar-refractivity contribution < 1.29 is 19.1 Å². The molecule has 0 aliphatic heterocycles. The summed E-state index contributed by atoms with van der Waals surface area (Å²) in [5.41, 5.74) is 0.553. The van der Waals surface area contributed by atoms with Crippen LogP contribution in [0.15, 0.2) is 24.3 Å². The van der Waals surface area contributed by atoms with Gasteiger partial charge in [-0.05, 0) is 45.7 Å². The standard InChI is InChI=1S/C20H29N3O4/c1-20(2,3)27-19(26)21-13-12-17(24)22-15-10-6-7-11-16(15)23-18(25)14-8-4-5-9-14/h6-7,10-11,14H,4-5,8-9,12-13H2,1-3H3,(H,21,26)(H,22,24)(H,23,25). The zero-order chi connectivity index (χ0) is 19.9. The van der Waals surface area contributed by atoms with E-state index in [9.17, 15) is 14.4 Å². The monoisotopic (exact) mass is 375 g/mol. The Bertz CT molecular complexity index is 676. The predicted molar refractivity (Wildman–Crippen MR) is 105 cm³/mol. The van der Waals surface area contributed by atoms with Gasteiger partial charge in [0.2, 0.25) is 11.8 Å². The summed E-state index contributed by atoms with van der Waals surface area (Å²) in [6.45, 7) is 5.49. The van der Waals surface area contributed by atoms with E-state index in [1.54, 1.807) is 39.0 Å². The lowest BCUT2D eigenvalue weighted by Gasteiger charge is -2.19. The molecule has 7 nitrogen and oxygen atoms in total. The molecule has 0 bridgehead atoms. The maximum absolute atomic E-state index is 12.3. The first-order valence-corrected chi connectivity index (χ1v) is 9.41. The topological polar surface area (TPSA) is 96.5 Å². The fraction of sp³-hybridized carbons (Fsp3) is 0.550. The van der Waals surface area contributed by atoms with E-state index in [0.29, 0.717) is 11.4 Å². The summed E-state index contributed by atoms with van der Waals surface area (Å²) < 4.78 is 5.12. The molecule has 2 rings (SSSR count). The van der Waals surface area contributed by atoms with E-state index in [-0.39, 0.29) is 30.7 Å². The predicted octanol–water partition coefficient (Wildman–Crippen LogP) is 3.67. The van der Waals surface area contributed by atoms with Crippen LogP contribution in [0.3, 0.4) is 0 Å². The van der Waals surface area contributed by atoms with Crippen LogP contribution >= 0.6 is 0 Å². The second kappa shape index (κ2) is 9.39. The minimum atomic E-state index is -0.581. The van der Waals surface area contributed by atoms with Gasteiger partial charge in [0.15, 0.2) is 0 Å². The Hall–Kier alpha value is -2.57. The summed E-state index contributed by atoms with van der Waals surface area (Å²) in [5, 5.41) is 8.25. The van der Waals surface area contributed by atoms with Gasteiger partial charge in [-0.25, -0.2) is 4.79 Å². The summed E-state index contributed by atoms with van der Waals surface area (Å²) in [6.07, 6.45) is 3.54. The lowest BCUT2D eigenvalue weighted by Crippen LogP contribution is -2.34. The highest BCUT2D eigenvalue weighted by Gasteiger charge is 2.23. The number of benzene rings is 1. The average Bonchev–Trinajstić information content (AvgIpc) is 3.09. The minimum absolute atomic E-state index is 0.000733. The Kier molecular flexibility index (Phi) is 7.21. The summed E-state index contributed by atoms with van der Waals surface area (Å²) >= 11 is 0. The number of carbonyl (C=O) groups excluding carboxylic acids is 3. The van der Waals surface area contributed by atoms with Gasteiger partial charge in [-0.2, -0.15) is 0 Å². The van der Waals surface area contributed by atoms with Gasteiger partial charge in [-0.3, -0.25) is 9.59 Å². The number of hydrogen-bond acceptors (Lipinski definition) is 4. The average molecular weight is 375 g/mol. The van der Waals surface area contributed by atoms with E-state index in [4.69, 9.17) is 4.74 Å². The Morgan fingerprint density at radius 2 is 1.63 bits per heavy atom. The minimum Gasteiger partial charge on any atom is -0.444 e. The van der Waals surface area contributed by atoms with Crippen LogP contribution in [0.5, 0.6) is 0 Å². The quantitative estimate of drug-likeness (QED) is 0.707. The van der Waals surface area contributed by atoms with Crippen LogP contribution in [-0.4, -0.2) is 30.1 Å². The highest BCUT2D eigenvalue weighted by molar-refractivity contribution is 6.00. The third-order valence-corrected chi connectivity index (χ3v) is 4.21. The molecule has 7 heteroatoms. The molecule has 148 valence electrons. The molecule has 1 fully saturated rings. The molecule has 1 aliphatic carbocycles. The molecule has 3 amide bonds. The van der Waals surface area contributed by atoms with Gasteiger partial charge in [0.05, 0.1) is 11.4 Å². The number of hydrogen-bond donors (Lipinski definition) is 3. The second-order valence-corrected chi connectivity index (χ2v) is 7.74. The van der Waals surface area contributed by atoms with Crippen molar-refractivity contribution in [1.29, 1.82) is 0 Å². The normalized spacial score (nSPS) is 14.5. The van der Waals surface area contributed by atoms with Crippen LogP contribution < -0.4 is 16.0 Å². The van der Waals surface area contributed by atoms with Gasteiger partial charge in [0, 0.05) is 18.9 Å². The molecule has 3 N–H and O–H groups in total.